The molecule has 0 unspecified atom stereocenters. The monoisotopic (exact) mass is 375 g/mol. The third-order valence-electron chi connectivity index (χ3n) is 4.60. The maximum Gasteiger partial charge on any atom is 0.273 e. The van der Waals surface area contributed by atoms with Crippen molar-refractivity contribution in [2.45, 2.75) is 13.2 Å². The molecular weight excluding hydrogens is 354 g/mol. The Bertz CT molecular complexity index is 1150. The van der Waals surface area contributed by atoms with Crippen LogP contribution in [0.2, 0.25) is 0 Å². The molecule has 0 radical (unpaired) electrons. The predicted molar refractivity (Wildman–Crippen MR) is 108 cm³/mol. The molecule has 0 atom stereocenters. The van der Waals surface area contributed by atoms with Gasteiger partial charge in [-0.15, -0.1) is 0 Å². The summed E-state index contributed by atoms with van der Waals surface area (Å²) in [6.45, 7) is 0.903. The molecule has 0 saturated carbocycles. The maximum absolute atomic E-state index is 12.8. The van der Waals surface area contributed by atoms with Crippen molar-refractivity contribution in [3.05, 3.63) is 82.3 Å². The molecule has 0 aliphatic carbocycles. The first kappa shape index (κ1) is 18.2. The van der Waals surface area contributed by atoms with Crippen LogP contribution in [0.3, 0.4) is 0 Å². The normalized spacial score (nSPS) is 11.2. The fourth-order valence-corrected chi connectivity index (χ4v) is 3.33. The number of fused-ring (bicyclic) bond motifs is 1. The zero-order valence-electron chi connectivity index (χ0n) is 15.8. The van der Waals surface area contributed by atoms with Gasteiger partial charge in [0.1, 0.15) is 0 Å². The molecule has 0 amide bonds. The number of hydrogen-bond acceptors (Lipinski definition) is 4. The lowest BCUT2D eigenvalue weighted by atomic mass is 10.1. The number of aromatic nitrogens is 3. The number of hydrogen-bond donors (Lipinski definition) is 1. The Balaban J connectivity index is 1.90. The zero-order valence-corrected chi connectivity index (χ0v) is 15.8. The summed E-state index contributed by atoms with van der Waals surface area (Å²) in [5.41, 5.74) is 5.67. The molecule has 1 N–H and O–H groups in total. The van der Waals surface area contributed by atoms with Crippen LogP contribution in [0, 0.1) is 0 Å². The van der Waals surface area contributed by atoms with Crippen LogP contribution in [0.5, 0.6) is 0 Å². The van der Waals surface area contributed by atoms with Gasteiger partial charge < -0.3 is 9.47 Å². The summed E-state index contributed by atoms with van der Waals surface area (Å²) < 4.78 is 12.0. The number of methoxy groups -OCH3 is 2. The fourth-order valence-electron chi connectivity index (χ4n) is 3.33. The Hall–Kier alpha value is -3.22. The number of rotatable bonds is 6. The van der Waals surface area contributed by atoms with Gasteiger partial charge in [0.15, 0.2) is 5.65 Å². The van der Waals surface area contributed by atoms with Crippen molar-refractivity contribution in [1.29, 1.82) is 0 Å². The van der Waals surface area contributed by atoms with Crippen molar-refractivity contribution < 1.29 is 9.47 Å². The first-order valence-electron chi connectivity index (χ1n) is 8.98. The third-order valence-corrected chi connectivity index (χ3v) is 4.60. The third kappa shape index (κ3) is 3.35. The smallest absolute Gasteiger partial charge is 0.273 e. The van der Waals surface area contributed by atoms with Crippen LogP contribution >= 0.6 is 0 Å². The van der Waals surface area contributed by atoms with Gasteiger partial charge in [0.25, 0.3) is 5.56 Å². The molecule has 2 heterocycles. The Labute approximate surface area is 162 Å². The molecule has 6 nitrogen and oxygen atoms in total. The molecule has 0 bridgehead atoms. The van der Waals surface area contributed by atoms with Gasteiger partial charge in [-0.2, -0.15) is 0 Å². The van der Waals surface area contributed by atoms with Crippen molar-refractivity contribution in [3.63, 3.8) is 0 Å². The topological polar surface area (TPSA) is 68.6 Å². The number of nitrogens with one attached hydrogen (secondary N) is 1. The second-order valence-electron chi connectivity index (χ2n) is 6.53. The highest BCUT2D eigenvalue weighted by Gasteiger charge is 2.17. The predicted octanol–water partition coefficient (Wildman–Crippen LogP) is 3.65. The van der Waals surface area contributed by atoms with Crippen LogP contribution in [0.4, 0.5) is 0 Å². The van der Waals surface area contributed by atoms with E-state index in [0.29, 0.717) is 24.6 Å². The van der Waals surface area contributed by atoms with Gasteiger partial charge in [-0.3, -0.25) is 9.89 Å². The summed E-state index contributed by atoms with van der Waals surface area (Å²) in [5.74, 6) is 0. The minimum Gasteiger partial charge on any atom is -0.380 e. The molecule has 142 valence electrons. The van der Waals surface area contributed by atoms with Gasteiger partial charge in [-0.25, -0.2) is 9.50 Å². The minimum atomic E-state index is -0.166. The van der Waals surface area contributed by atoms with E-state index < -0.39 is 0 Å². The molecule has 0 aliphatic rings. The number of aromatic amines is 1. The van der Waals surface area contributed by atoms with Gasteiger partial charge >= 0.3 is 0 Å². The highest BCUT2D eigenvalue weighted by atomic mass is 16.5. The summed E-state index contributed by atoms with van der Waals surface area (Å²) in [5, 5.41) is 3.14. The number of H-pyrrole nitrogens is 1. The molecule has 0 saturated heterocycles. The Kier molecular flexibility index (Phi) is 5.06. The average molecular weight is 375 g/mol. The summed E-state index contributed by atoms with van der Waals surface area (Å²) in [6.07, 6.45) is 0. The molecule has 2 aromatic carbocycles. The lowest BCUT2D eigenvalue weighted by molar-refractivity contribution is 0.181. The van der Waals surface area contributed by atoms with E-state index >= 15 is 0 Å². The fraction of sp³-hybridized carbons (Fsp3) is 0.182. The largest absolute Gasteiger partial charge is 0.380 e. The quantitative estimate of drug-likeness (QED) is 0.559. The number of nitrogens with zero attached hydrogens (tertiary/aromatic N) is 2. The van der Waals surface area contributed by atoms with Crippen LogP contribution in [0.1, 0.15) is 11.3 Å². The molecular formula is C22H21N3O3. The second kappa shape index (κ2) is 7.80. The van der Waals surface area contributed by atoms with Gasteiger partial charge in [0.05, 0.1) is 24.6 Å². The molecule has 6 heteroatoms. The molecule has 0 aliphatic heterocycles. The van der Waals surface area contributed by atoms with E-state index in [1.54, 1.807) is 20.3 Å². The van der Waals surface area contributed by atoms with Crippen LogP contribution in [-0.4, -0.2) is 28.8 Å². The summed E-state index contributed by atoms with van der Waals surface area (Å²) in [7, 11) is 3.29. The van der Waals surface area contributed by atoms with E-state index in [4.69, 9.17) is 14.5 Å². The molecule has 4 rings (SSSR count). The molecule has 0 fully saturated rings. The van der Waals surface area contributed by atoms with Crippen LogP contribution in [0.25, 0.3) is 28.0 Å². The molecule has 28 heavy (non-hydrogen) atoms. The van der Waals surface area contributed by atoms with Crippen molar-refractivity contribution in [2.75, 3.05) is 14.2 Å². The van der Waals surface area contributed by atoms with Crippen LogP contribution in [-0.2, 0) is 22.7 Å². The summed E-state index contributed by atoms with van der Waals surface area (Å²) >= 11 is 0. The van der Waals surface area contributed by atoms with Gasteiger partial charge in [0, 0.05) is 31.4 Å². The highest BCUT2D eigenvalue weighted by molar-refractivity contribution is 5.81. The Morgan fingerprint density at radius 3 is 2.32 bits per heavy atom. The van der Waals surface area contributed by atoms with Crippen molar-refractivity contribution in [2.24, 2.45) is 0 Å². The Morgan fingerprint density at radius 2 is 1.64 bits per heavy atom. The van der Waals surface area contributed by atoms with Gasteiger partial charge in [-0.1, -0.05) is 54.6 Å². The van der Waals surface area contributed by atoms with Crippen molar-refractivity contribution >= 4 is 5.65 Å². The van der Waals surface area contributed by atoms with Crippen molar-refractivity contribution in [3.8, 4) is 22.4 Å². The second-order valence-corrected chi connectivity index (χ2v) is 6.53. The first-order valence-corrected chi connectivity index (χ1v) is 8.98. The standard InChI is InChI=1S/C22H21N3O3/c1-27-13-15-8-10-16(11-9-15)18-12-20(26)25-22(23-18)21(19(24-25)14-28-2)17-6-4-3-5-7-17/h3-12,24H,13-14H2,1-2H3. The number of ether oxygens (including phenoxy) is 2. The van der Waals surface area contributed by atoms with Crippen LogP contribution < -0.4 is 5.56 Å². The van der Waals surface area contributed by atoms with E-state index in [2.05, 4.69) is 5.10 Å². The number of benzene rings is 2. The van der Waals surface area contributed by atoms with Gasteiger partial charge in [0.2, 0.25) is 0 Å². The average Bonchev–Trinajstić information content (AvgIpc) is 3.08. The summed E-state index contributed by atoms with van der Waals surface area (Å²) in [4.78, 5) is 17.6. The maximum atomic E-state index is 12.8. The van der Waals surface area contributed by atoms with Gasteiger partial charge in [-0.05, 0) is 11.1 Å². The lowest BCUT2D eigenvalue weighted by Crippen LogP contribution is -2.14. The lowest BCUT2D eigenvalue weighted by Gasteiger charge is -2.05. The Morgan fingerprint density at radius 1 is 0.929 bits per heavy atom. The van der Waals surface area contributed by atoms with E-state index in [1.165, 1.54) is 4.52 Å². The first-order chi connectivity index (χ1) is 13.7. The van der Waals surface area contributed by atoms with E-state index in [-0.39, 0.29) is 5.56 Å². The minimum absolute atomic E-state index is 0.166. The SMILES string of the molecule is COCc1ccc(-c2cc(=O)n3[nH]c(COC)c(-c4ccccc4)c3n2)cc1. The molecule has 0 spiro atoms. The van der Waals surface area contributed by atoms with Crippen molar-refractivity contribution in [1.82, 2.24) is 14.6 Å². The van der Waals surface area contributed by atoms with E-state index in [1.807, 2.05) is 54.6 Å². The van der Waals surface area contributed by atoms with E-state index in [9.17, 15) is 4.79 Å². The molecule has 2 aromatic heterocycles. The molecule has 4 aromatic rings. The van der Waals surface area contributed by atoms with E-state index in [0.717, 1.165) is 27.9 Å². The zero-order chi connectivity index (χ0) is 19.5. The van der Waals surface area contributed by atoms with Crippen LogP contribution in [0.15, 0.2) is 65.5 Å². The summed E-state index contributed by atoms with van der Waals surface area (Å²) in [6, 6.07) is 19.3. The highest BCUT2D eigenvalue weighted by Crippen LogP contribution is 2.28.